The van der Waals surface area contributed by atoms with Crippen molar-refractivity contribution in [3.63, 3.8) is 0 Å². The molecule has 0 spiro atoms. The van der Waals surface area contributed by atoms with Crippen LogP contribution in [0.15, 0.2) is 65.7 Å². The van der Waals surface area contributed by atoms with E-state index in [0.717, 1.165) is 33.3 Å². The second-order valence-corrected chi connectivity index (χ2v) is 10.4. The van der Waals surface area contributed by atoms with Crippen molar-refractivity contribution in [2.75, 3.05) is 0 Å². The molecular formula is C28H26BClN2O4. The van der Waals surface area contributed by atoms with Gasteiger partial charge in [-0.25, -0.2) is 4.98 Å². The van der Waals surface area contributed by atoms with E-state index in [0.29, 0.717) is 17.0 Å². The Hall–Kier alpha value is -3.26. The minimum absolute atomic E-state index is 0.0231. The number of carbonyl (C=O) groups excluding carboxylic acids is 1. The first-order valence-electron chi connectivity index (χ1n) is 11.7. The van der Waals surface area contributed by atoms with Crippen LogP contribution in [0, 0.1) is 6.92 Å². The van der Waals surface area contributed by atoms with E-state index < -0.39 is 23.9 Å². The van der Waals surface area contributed by atoms with Crippen LogP contribution in [-0.2, 0) is 9.31 Å². The van der Waals surface area contributed by atoms with Gasteiger partial charge in [0.15, 0.2) is 6.29 Å². The van der Waals surface area contributed by atoms with Gasteiger partial charge in [0.05, 0.1) is 16.8 Å². The molecule has 4 aromatic rings. The first-order valence-corrected chi connectivity index (χ1v) is 12.1. The molecule has 36 heavy (non-hydrogen) atoms. The maximum absolute atomic E-state index is 12.4. The molecule has 0 N–H and O–H groups in total. The van der Waals surface area contributed by atoms with Gasteiger partial charge < -0.3 is 9.31 Å². The van der Waals surface area contributed by atoms with Crippen molar-refractivity contribution in [3.8, 4) is 22.3 Å². The highest BCUT2D eigenvalue weighted by Gasteiger charge is 2.52. The summed E-state index contributed by atoms with van der Waals surface area (Å²) in [4.78, 5) is 27.8. The second-order valence-electron chi connectivity index (χ2n) is 10.1. The van der Waals surface area contributed by atoms with Gasteiger partial charge in [-0.2, -0.15) is 0 Å². The zero-order chi connectivity index (χ0) is 25.8. The normalized spacial score (nSPS) is 16.4. The number of benzene rings is 2. The zero-order valence-corrected chi connectivity index (χ0v) is 21.6. The molecule has 2 aromatic heterocycles. The minimum atomic E-state index is -0.563. The lowest BCUT2D eigenvalue weighted by molar-refractivity contribution is 0.00578. The van der Waals surface area contributed by atoms with Gasteiger partial charge in [-0.1, -0.05) is 48.0 Å². The monoisotopic (exact) mass is 500 g/mol. The van der Waals surface area contributed by atoms with Gasteiger partial charge in [0.1, 0.15) is 5.65 Å². The molecule has 0 unspecified atom stereocenters. The molecule has 0 amide bonds. The number of fused-ring (bicyclic) bond motifs is 1. The molecule has 0 aliphatic carbocycles. The van der Waals surface area contributed by atoms with Crippen LogP contribution in [0.5, 0.6) is 0 Å². The number of aromatic nitrogens is 2. The first-order chi connectivity index (χ1) is 17.0. The summed E-state index contributed by atoms with van der Waals surface area (Å²) in [7, 11) is -0.563. The molecule has 0 bridgehead atoms. The smallest absolute Gasteiger partial charge is 0.399 e. The van der Waals surface area contributed by atoms with Gasteiger partial charge >= 0.3 is 7.12 Å². The largest absolute Gasteiger partial charge is 0.496 e. The summed E-state index contributed by atoms with van der Waals surface area (Å²) in [6.45, 7) is 10.1. The van der Waals surface area contributed by atoms with Crippen molar-refractivity contribution in [2.24, 2.45) is 0 Å². The number of carbonyl (C=O) groups is 1. The van der Waals surface area contributed by atoms with Gasteiger partial charge in [-0.15, -0.1) is 0 Å². The topological polar surface area (TPSA) is 69.9 Å². The molecule has 182 valence electrons. The fraction of sp³-hybridized carbons (Fsp3) is 0.250. The third-order valence-electron chi connectivity index (χ3n) is 7.33. The third kappa shape index (κ3) is 3.88. The number of pyridine rings is 1. The Balaban J connectivity index is 1.58. The van der Waals surface area contributed by atoms with E-state index in [4.69, 9.17) is 20.9 Å². The SMILES string of the molecule is Cc1c(-c2ccn3c(=O)c(C=O)cnc3c2)cccc1-c1cccc(B2OC(C)(C)C(C)(C)O2)c1Cl. The summed E-state index contributed by atoms with van der Waals surface area (Å²) in [5.41, 5.74) is 4.74. The van der Waals surface area contributed by atoms with Gasteiger partial charge in [-0.05, 0) is 69.0 Å². The van der Waals surface area contributed by atoms with Crippen LogP contribution in [0.1, 0.15) is 43.6 Å². The highest BCUT2D eigenvalue weighted by Crippen LogP contribution is 2.39. The van der Waals surface area contributed by atoms with E-state index >= 15 is 0 Å². The van der Waals surface area contributed by atoms with Crippen molar-refractivity contribution in [1.29, 1.82) is 0 Å². The highest BCUT2D eigenvalue weighted by molar-refractivity contribution is 6.66. The number of nitrogens with zero attached hydrogens (tertiary/aromatic N) is 2. The van der Waals surface area contributed by atoms with E-state index in [1.54, 1.807) is 6.20 Å². The molecule has 0 radical (unpaired) electrons. The van der Waals surface area contributed by atoms with Crippen LogP contribution in [0.2, 0.25) is 5.02 Å². The molecule has 2 aromatic carbocycles. The van der Waals surface area contributed by atoms with Crippen LogP contribution in [0.3, 0.4) is 0 Å². The van der Waals surface area contributed by atoms with Crippen LogP contribution in [0.25, 0.3) is 27.9 Å². The lowest BCUT2D eigenvalue weighted by Gasteiger charge is -2.32. The number of aldehydes is 1. The molecule has 1 saturated heterocycles. The summed E-state index contributed by atoms with van der Waals surface area (Å²) < 4.78 is 13.9. The fourth-order valence-electron chi connectivity index (χ4n) is 4.49. The average molecular weight is 501 g/mol. The fourth-order valence-corrected chi connectivity index (χ4v) is 4.80. The molecule has 0 atom stereocenters. The predicted octanol–water partition coefficient (Wildman–Crippen LogP) is 5.10. The number of rotatable bonds is 4. The Morgan fingerprint density at radius 2 is 1.61 bits per heavy atom. The molecule has 3 heterocycles. The zero-order valence-electron chi connectivity index (χ0n) is 20.8. The Morgan fingerprint density at radius 3 is 2.31 bits per heavy atom. The molecule has 0 saturated carbocycles. The minimum Gasteiger partial charge on any atom is -0.399 e. The van der Waals surface area contributed by atoms with Crippen molar-refractivity contribution < 1.29 is 14.1 Å². The number of hydrogen-bond acceptors (Lipinski definition) is 5. The van der Waals surface area contributed by atoms with E-state index in [2.05, 4.69) is 4.98 Å². The number of halogens is 1. The number of hydrogen-bond donors (Lipinski definition) is 0. The summed E-state index contributed by atoms with van der Waals surface area (Å²) in [6.07, 6.45) is 3.47. The van der Waals surface area contributed by atoms with Crippen molar-refractivity contribution in [1.82, 2.24) is 9.38 Å². The van der Waals surface area contributed by atoms with Crippen LogP contribution < -0.4 is 11.0 Å². The van der Waals surface area contributed by atoms with E-state index in [1.165, 1.54) is 10.6 Å². The average Bonchev–Trinajstić information content (AvgIpc) is 3.06. The lowest BCUT2D eigenvalue weighted by Crippen LogP contribution is -2.41. The molecule has 6 nitrogen and oxygen atoms in total. The van der Waals surface area contributed by atoms with Crippen LogP contribution in [0.4, 0.5) is 0 Å². The Kier molecular flexibility index (Phi) is 5.90. The highest BCUT2D eigenvalue weighted by atomic mass is 35.5. The predicted molar refractivity (Wildman–Crippen MR) is 143 cm³/mol. The van der Waals surface area contributed by atoms with Crippen LogP contribution in [-0.4, -0.2) is 34.0 Å². The standard InChI is InChI=1S/C28H26BClN2O4/c1-17-20(18-12-13-32-24(14-18)31-15-19(16-33)26(32)34)8-6-9-21(17)22-10-7-11-23(25(22)30)29-35-27(2,3)28(4,5)36-29/h6-16H,1-5H3. The molecule has 1 aliphatic heterocycles. The quantitative estimate of drug-likeness (QED) is 0.288. The van der Waals surface area contributed by atoms with Crippen molar-refractivity contribution in [3.05, 3.63) is 87.4 Å². The maximum Gasteiger partial charge on any atom is 0.496 e. The summed E-state index contributed by atoms with van der Waals surface area (Å²) >= 11 is 6.97. The summed E-state index contributed by atoms with van der Waals surface area (Å²) in [5, 5.41) is 0.587. The maximum atomic E-state index is 12.4. The van der Waals surface area contributed by atoms with Gasteiger partial charge in [-0.3, -0.25) is 14.0 Å². The van der Waals surface area contributed by atoms with Gasteiger partial charge in [0.25, 0.3) is 5.56 Å². The van der Waals surface area contributed by atoms with Crippen molar-refractivity contribution in [2.45, 2.75) is 45.8 Å². The molecular weight excluding hydrogens is 475 g/mol. The lowest BCUT2D eigenvalue weighted by atomic mass is 9.77. The van der Waals surface area contributed by atoms with Crippen molar-refractivity contribution >= 4 is 36.1 Å². The Labute approximate surface area is 215 Å². The Morgan fingerprint density at radius 1 is 0.972 bits per heavy atom. The second kappa shape index (κ2) is 8.70. The molecule has 8 heteroatoms. The van der Waals surface area contributed by atoms with E-state index in [9.17, 15) is 9.59 Å². The summed E-state index contributed by atoms with van der Waals surface area (Å²) in [5.74, 6) is 0. The van der Waals surface area contributed by atoms with Gasteiger partial charge in [0, 0.05) is 28.4 Å². The van der Waals surface area contributed by atoms with Crippen LogP contribution >= 0.6 is 11.6 Å². The van der Waals surface area contributed by atoms with Gasteiger partial charge in [0.2, 0.25) is 0 Å². The molecule has 5 rings (SSSR count). The Bertz CT molecular complexity index is 1560. The molecule has 1 fully saturated rings. The third-order valence-corrected chi connectivity index (χ3v) is 7.76. The summed E-state index contributed by atoms with van der Waals surface area (Å²) in [6, 6.07) is 15.6. The first kappa shape index (κ1) is 24.4. The molecule has 1 aliphatic rings. The van der Waals surface area contributed by atoms with E-state index in [1.807, 2.05) is 83.1 Å². The van der Waals surface area contributed by atoms with E-state index in [-0.39, 0.29) is 5.56 Å².